The van der Waals surface area contributed by atoms with Crippen molar-refractivity contribution in [3.05, 3.63) is 88.4 Å². The Kier molecular flexibility index (Phi) is 5.90. The van der Waals surface area contributed by atoms with Crippen molar-refractivity contribution in [2.45, 2.75) is 35.5 Å². The van der Waals surface area contributed by atoms with Crippen LogP contribution in [-0.2, 0) is 33.9 Å². The average Bonchev–Trinajstić information content (AvgIpc) is 2.74. The van der Waals surface area contributed by atoms with E-state index >= 15 is 0 Å². The van der Waals surface area contributed by atoms with Crippen LogP contribution in [0.3, 0.4) is 0 Å². The molecule has 0 spiro atoms. The van der Waals surface area contributed by atoms with E-state index in [0.29, 0.717) is 10.6 Å². The third-order valence-corrected chi connectivity index (χ3v) is 9.12. The van der Waals surface area contributed by atoms with Crippen molar-refractivity contribution in [1.82, 2.24) is 0 Å². The summed E-state index contributed by atoms with van der Waals surface area (Å²) >= 11 is 3.39. The molecule has 1 aliphatic carbocycles. The second-order valence-electron chi connectivity index (χ2n) is 6.87. The molecule has 29 heavy (non-hydrogen) atoms. The highest BCUT2D eigenvalue weighted by Gasteiger charge is 2.33. The topological polar surface area (TPSA) is 54.5 Å². The lowest BCUT2D eigenvalue weighted by atomic mass is 9.91. The molecule has 4 rings (SSSR count). The van der Waals surface area contributed by atoms with Crippen molar-refractivity contribution in [3.63, 3.8) is 0 Å². The number of halogens is 1. The van der Waals surface area contributed by atoms with Crippen LogP contribution in [0.25, 0.3) is 0 Å². The molecule has 1 unspecified atom stereocenters. The van der Waals surface area contributed by atoms with Gasteiger partial charge in [0.25, 0.3) is 10.0 Å². The first-order valence-corrected chi connectivity index (χ1v) is 12.7. The van der Waals surface area contributed by atoms with Crippen LogP contribution in [0.4, 0.5) is 5.69 Å². The minimum atomic E-state index is -4.03. The number of rotatable bonds is 5. The molecule has 4 nitrogen and oxygen atoms in total. The fourth-order valence-corrected chi connectivity index (χ4v) is 7.47. The van der Waals surface area contributed by atoms with Gasteiger partial charge in [-0.25, -0.2) is 12.6 Å². The van der Waals surface area contributed by atoms with Gasteiger partial charge in [-0.2, -0.15) is 3.71 Å². The Labute approximate surface area is 182 Å². The van der Waals surface area contributed by atoms with Crippen LogP contribution >= 0.6 is 15.9 Å². The Morgan fingerprint density at radius 1 is 0.862 bits per heavy atom. The predicted molar refractivity (Wildman–Crippen MR) is 120 cm³/mol. The van der Waals surface area contributed by atoms with Gasteiger partial charge < -0.3 is 0 Å². The molecule has 1 atom stereocenters. The van der Waals surface area contributed by atoms with Crippen LogP contribution in [0.1, 0.15) is 24.0 Å². The number of hydrogen-bond acceptors (Lipinski definition) is 3. The molecular formula is C22H20BrNO3S2. The van der Waals surface area contributed by atoms with Crippen LogP contribution in [-0.4, -0.2) is 12.6 Å². The maximum atomic E-state index is 13.6. The van der Waals surface area contributed by atoms with E-state index in [1.165, 1.54) is 12.1 Å². The monoisotopic (exact) mass is 489 g/mol. The van der Waals surface area contributed by atoms with Crippen molar-refractivity contribution in [2.75, 3.05) is 3.71 Å². The summed E-state index contributed by atoms with van der Waals surface area (Å²) in [6.45, 7) is 0. The average molecular weight is 490 g/mol. The van der Waals surface area contributed by atoms with E-state index in [1.54, 1.807) is 42.5 Å². The summed E-state index contributed by atoms with van der Waals surface area (Å²) in [5.41, 5.74) is 2.61. The second kappa shape index (κ2) is 8.42. The van der Waals surface area contributed by atoms with E-state index < -0.39 is 21.0 Å². The zero-order valence-electron chi connectivity index (χ0n) is 15.6. The van der Waals surface area contributed by atoms with Gasteiger partial charge in [0.1, 0.15) is 0 Å². The highest BCUT2D eigenvalue weighted by Crippen LogP contribution is 2.36. The van der Waals surface area contributed by atoms with Gasteiger partial charge in [-0.05, 0) is 73.2 Å². The summed E-state index contributed by atoms with van der Waals surface area (Å²) in [5, 5.41) is 0. The molecule has 0 bridgehead atoms. The van der Waals surface area contributed by atoms with Gasteiger partial charge in [-0.3, -0.25) is 0 Å². The summed E-state index contributed by atoms with van der Waals surface area (Å²) in [6, 6.07) is 20.8. The molecule has 0 heterocycles. The fourth-order valence-electron chi connectivity index (χ4n) is 3.60. The van der Waals surface area contributed by atoms with Gasteiger partial charge in [-0.1, -0.05) is 52.3 Å². The van der Waals surface area contributed by atoms with Gasteiger partial charge in [0.2, 0.25) is 0 Å². The van der Waals surface area contributed by atoms with E-state index in [2.05, 4.69) is 15.9 Å². The molecule has 0 N–H and O–H groups in total. The minimum Gasteiger partial charge on any atom is -0.230 e. The Hall–Kier alpha value is -1.96. The number of fused-ring (bicyclic) bond motifs is 1. The Morgan fingerprint density at radius 2 is 1.59 bits per heavy atom. The lowest BCUT2D eigenvalue weighted by molar-refractivity contribution is 0.596. The zero-order valence-corrected chi connectivity index (χ0v) is 18.8. The van der Waals surface area contributed by atoms with E-state index in [0.717, 1.165) is 45.0 Å². The van der Waals surface area contributed by atoms with Crippen molar-refractivity contribution < 1.29 is 12.6 Å². The second-order valence-corrected chi connectivity index (χ2v) is 11.1. The van der Waals surface area contributed by atoms with Gasteiger partial charge >= 0.3 is 0 Å². The molecule has 0 fully saturated rings. The highest BCUT2D eigenvalue weighted by atomic mass is 79.9. The van der Waals surface area contributed by atoms with Gasteiger partial charge in [0.05, 0.1) is 15.5 Å². The first-order valence-electron chi connectivity index (χ1n) is 9.37. The lowest BCUT2D eigenvalue weighted by Crippen LogP contribution is -2.34. The Bertz CT molecular complexity index is 1160. The quantitative estimate of drug-likeness (QED) is 0.491. The van der Waals surface area contributed by atoms with Crippen LogP contribution in [0.2, 0.25) is 0 Å². The molecule has 1 aliphatic rings. The van der Waals surface area contributed by atoms with Crippen molar-refractivity contribution in [3.8, 4) is 0 Å². The van der Waals surface area contributed by atoms with Crippen LogP contribution < -0.4 is 3.71 Å². The van der Waals surface area contributed by atoms with Crippen LogP contribution in [0.5, 0.6) is 0 Å². The molecule has 0 amide bonds. The number of anilines is 1. The summed E-state index contributed by atoms with van der Waals surface area (Å²) in [6.07, 6.45) is 3.76. The van der Waals surface area contributed by atoms with Crippen molar-refractivity contribution in [1.29, 1.82) is 0 Å². The zero-order chi connectivity index (χ0) is 20.4. The Morgan fingerprint density at radius 3 is 2.34 bits per heavy atom. The molecular weight excluding hydrogens is 470 g/mol. The Balaban J connectivity index is 1.93. The highest BCUT2D eigenvalue weighted by molar-refractivity contribution is 9.10. The van der Waals surface area contributed by atoms with E-state index in [9.17, 15) is 12.6 Å². The molecule has 3 aromatic carbocycles. The molecule has 0 radical (unpaired) electrons. The minimum absolute atomic E-state index is 0.122. The molecule has 7 heteroatoms. The summed E-state index contributed by atoms with van der Waals surface area (Å²) in [5.74, 6) is 0. The SMILES string of the molecule is O=S(c1cccc(Br)c1)N(c1cccc2c1CCCC2)S(=O)(=O)c1ccccc1. The largest absolute Gasteiger partial charge is 0.275 e. The maximum absolute atomic E-state index is 13.6. The molecule has 150 valence electrons. The molecule has 3 aromatic rings. The smallest absolute Gasteiger partial charge is 0.230 e. The van der Waals surface area contributed by atoms with Gasteiger partial charge in [0, 0.05) is 4.47 Å². The number of sulfonamides is 1. The summed E-state index contributed by atoms with van der Waals surface area (Å²) in [7, 11) is -5.97. The van der Waals surface area contributed by atoms with E-state index in [-0.39, 0.29) is 4.90 Å². The standard InChI is InChI=1S/C22H20BrNO3S2/c23-18-10-7-11-19(16-18)28(25)24(29(26,27)20-12-2-1-3-13-20)22-15-6-9-17-8-4-5-14-21(17)22/h1-3,6-7,9-13,15-16H,4-5,8,14H2. The van der Waals surface area contributed by atoms with E-state index in [4.69, 9.17) is 0 Å². The molecule has 0 saturated heterocycles. The third kappa shape index (κ3) is 4.04. The first kappa shape index (κ1) is 20.3. The summed E-state index contributed by atoms with van der Waals surface area (Å²) < 4.78 is 42.8. The predicted octanol–water partition coefficient (Wildman–Crippen LogP) is 5.25. The van der Waals surface area contributed by atoms with Crippen LogP contribution in [0, 0.1) is 0 Å². The number of nitrogens with zero attached hydrogens (tertiary/aromatic N) is 1. The number of aryl methyl sites for hydroxylation is 1. The van der Waals surface area contributed by atoms with Crippen LogP contribution in [0.15, 0.2) is 87.1 Å². The normalized spacial score (nSPS) is 14.8. The molecule has 0 saturated carbocycles. The van der Waals surface area contributed by atoms with Crippen molar-refractivity contribution in [2.24, 2.45) is 0 Å². The van der Waals surface area contributed by atoms with Gasteiger partial charge in [-0.15, -0.1) is 0 Å². The lowest BCUT2D eigenvalue weighted by Gasteiger charge is -2.28. The van der Waals surface area contributed by atoms with Gasteiger partial charge in [0.15, 0.2) is 11.0 Å². The van der Waals surface area contributed by atoms with Crippen molar-refractivity contribution >= 4 is 42.6 Å². The molecule has 0 aliphatic heterocycles. The maximum Gasteiger partial charge on any atom is 0.275 e. The first-order chi connectivity index (χ1) is 14.0. The number of benzene rings is 3. The number of hydrogen-bond donors (Lipinski definition) is 0. The fraction of sp³-hybridized carbons (Fsp3) is 0.182. The molecule has 0 aromatic heterocycles. The third-order valence-electron chi connectivity index (χ3n) is 4.98. The summed E-state index contributed by atoms with van der Waals surface area (Å²) in [4.78, 5) is 0.545. The van der Waals surface area contributed by atoms with E-state index in [1.807, 2.05) is 18.2 Å².